The van der Waals surface area contributed by atoms with Crippen molar-refractivity contribution in [2.24, 2.45) is 0 Å². The topological polar surface area (TPSA) is 78.9 Å². The quantitative estimate of drug-likeness (QED) is 0.146. The minimum absolute atomic E-state index is 1.29. The molecule has 5 aromatic heterocycles. The lowest BCUT2D eigenvalue weighted by atomic mass is 9.90. The summed E-state index contributed by atoms with van der Waals surface area (Å²) in [6, 6.07) is 0. The second-order valence-electron chi connectivity index (χ2n) is 10.2. The minimum atomic E-state index is 1.29. The van der Waals surface area contributed by atoms with Crippen LogP contribution in [0.5, 0.6) is 0 Å². The van der Waals surface area contributed by atoms with Crippen molar-refractivity contribution >= 4 is 108 Å². The van der Waals surface area contributed by atoms with Gasteiger partial charge in [-0.3, -0.25) is 0 Å². The molecule has 35 heavy (non-hydrogen) atoms. The van der Waals surface area contributed by atoms with Crippen molar-refractivity contribution in [3.8, 4) is 0 Å². The first-order valence-electron chi connectivity index (χ1n) is 12.0. The highest BCUT2D eigenvalue weighted by Crippen LogP contribution is 2.58. The molecule has 11 rings (SSSR count). The van der Waals surface area contributed by atoms with Gasteiger partial charge in [-0.15, -0.1) is 0 Å². The van der Waals surface area contributed by atoms with Crippen LogP contribution in [0.4, 0.5) is 0 Å². The molecule has 0 unspecified atom stereocenters. The number of aromatic nitrogens is 5. The number of hydrogen-bond donors (Lipinski definition) is 5. The zero-order valence-corrected chi connectivity index (χ0v) is 18.3. The molecule has 0 amide bonds. The number of fused-ring (bicyclic) bond motifs is 15. The molecular weight excluding hydrogens is 430 g/mol. The average Bonchev–Trinajstić information content (AvgIpc) is 3.72. The summed E-state index contributed by atoms with van der Waals surface area (Å²) in [5, 5.41) is 26.7. The van der Waals surface area contributed by atoms with Crippen LogP contribution in [0.3, 0.4) is 0 Å². The van der Waals surface area contributed by atoms with E-state index in [4.69, 9.17) is 0 Å². The number of H-pyrrole nitrogens is 5. The maximum atomic E-state index is 3.45. The number of rotatable bonds is 0. The fourth-order valence-corrected chi connectivity index (χ4v) is 7.83. The maximum absolute atomic E-state index is 3.45. The number of aromatic amines is 5. The zero-order valence-electron chi connectivity index (χ0n) is 18.3. The lowest BCUT2D eigenvalue weighted by Crippen LogP contribution is -1.83. The van der Waals surface area contributed by atoms with Crippen LogP contribution < -0.4 is 0 Å². The van der Waals surface area contributed by atoms with Crippen molar-refractivity contribution in [3.63, 3.8) is 0 Å². The third kappa shape index (κ3) is 1.37. The fourth-order valence-electron chi connectivity index (χ4n) is 7.83. The molecule has 160 valence electrons. The van der Waals surface area contributed by atoms with Crippen molar-refractivity contribution in [1.82, 2.24) is 24.9 Å². The molecule has 0 aliphatic heterocycles. The second-order valence-corrected chi connectivity index (χ2v) is 10.2. The van der Waals surface area contributed by atoms with Gasteiger partial charge in [0.1, 0.15) is 0 Å². The highest BCUT2D eigenvalue weighted by Gasteiger charge is 2.30. The van der Waals surface area contributed by atoms with Crippen molar-refractivity contribution in [3.05, 3.63) is 62.0 Å². The van der Waals surface area contributed by atoms with Crippen LogP contribution in [-0.2, 0) is 0 Å². The number of hydrogen-bond acceptors (Lipinski definition) is 0. The van der Waals surface area contributed by atoms with Gasteiger partial charge in [-0.05, 0) is 0 Å². The molecule has 0 atom stereocenters. The molecule has 0 saturated heterocycles. The molecule has 0 aliphatic carbocycles. The highest BCUT2D eigenvalue weighted by molar-refractivity contribution is 6.60. The van der Waals surface area contributed by atoms with Crippen molar-refractivity contribution in [2.45, 2.75) is 0 Å². The predicted octanol–water partition coefficient (Wildman–Crippen LogP) is 8.17. The van der Waals surface area contributed by atoms with Gasteiger partial charge in [-0.25, -0.2) is 0 Å². The first kappa shape index (κ1) is 15.9. The Hall–Kier alpha value is -4.90. The summed E-state index contributed by atoms with van der Waals surface area (Å²) in [6.07, 6.45) is 21.9. The Bertz CT molecular complexity index is 2070. The van der Waals surface area contributed by atoms with E-state index in [0.717, 1.165) is 0 Å². The Morgan fingerprint density at radius 2 is 0.343 bits per heavy atom. The standard InChI is InChI=1S/C30H15N5/c1-11-12(2-31-1)22-15-5-33-6-16(15)24-19-9-35-10-20(19)25-18-8-34-7-17(18)23-14-4-32-3-13(14)21(11)26-27(22)29(24)30(25)28(23)26/h1-10,31-35H. The van der Waals surface area contributed by atoms with Crippen LogP contribution in [0.2, 0.25) is 0 Å². The van der Waals surface area contributed by atoms with Gasteiger partial charge in [0.05, 0.1) is 0 Å². The van der Waals surface area contributed by atoms with E-state index in [9.17, 15) is 0 Å². The largest absolute Gasteiger partial charge is 0.366 e. The van der Waals surface area contributed by atoms with Gasteiger partial charge in [-0.2, -0.15) is 0 Å². The van der Waals surface area contributed by atoms with E-state index in [1.54, 1.807) is 0 Å². The molecule has 11 aromatic rings. The van der Waals surface area contributed by atoms with Crippen LogP contribution in [-0.4, -0.2) is 24.9 Å². The Balaban J connectivity index is 1.77. The van der Waals surface area contributed by atoms with Gasteiger partial charge in [0.15, 0.2) is 0 Å². The molecule has 5 N–H and O–H groups in total. The normalized spacial score (nSPS) is 13.7. The SMILES string of the molecule is c1[nH]cc2c1c1c3c[nH]cc3c3c4c[nH]cc4c4c5c[nH]cc5c5c6c[nH]cc6c2c2c1c3c4c52. The molecule has 5 nitrogen and oxygen atoms in total. The Morgan fingerprint density at radius 1 is 0.200 bits per heavy atom. The Labute approximate surface area is 194 Å². The number of nitrogens with one attached hydrogen (secondary N) is 5. The van der Waals surface area contributed by atoms with E-state index in [1.807, 2.05) is 0 Å². The van der Waals surface area contributed by atoms with Gasteiger partial charge in [0.2, 0.25) is 0 Å². The molecule has 5 heteroatoms. The van der Waals surface area contributed by atoms with Crippen molar-refractivity contribution < 1.29 is 0 Å². The first-order valence-corrected chi connectivity index (χ1v) is 12.0. The molecule has 0 fully saturated rings. The summed E-state index contributed by atoms with van der Waals surface area (Å²) in [5.41, 5.74) is 0. The molecule has 0 radical (unpaired) electrons. The van der Waals surface area contributed by atoms with E-state index in [-0.39, 0.29) is 0 Å². The zero-order chi connectivity index (χ0) is 22.2. The van der Waals surface area contributed by atoms with E-state index >= 15 is 0 Å². The molecule has 0 spiro atoms. The Kier molecular flexibility index (Phi) is 2.12. The third-order valence-electron chi connectivity index (χ3n) is 8.92. The van der Waals surface area contributed by atoms with E-state index in [0.29, 0.717) is 0 Å². The minimum Gasteiger partial charge on any atom is -0.366 e. The van der Waals surface area contributed by atoms with Gasteiger partial charge < -0.3 is 24.9 Å². The van der Waals surface area contributed by atoms with E-state index in [1.165, 1.54) is 108 Å². The highest BCUT2D eigenvalue weighted by atomic mass is 14.7. The van der Waals surface area contributed by atoms with Gasteiger partial charge in [0, 0.05) is 170 Å². The molecular formula is C30H15N5. The summed E-state index contributed by atoms with van der Waals surface area (Å²) < 4.78 is 0. The molecule has 5 heterocycles. The molecule has 0 aliphatic rings. The lowest BCUT2D eigenvalue weighted by Gasteiger charge is -2.11. The van der Waals surface area contributed by atoms with E-state index in [2.05, 4.69) is 86.9 Å². The smallest absolute Gasteiger partial charge is 0.00911 e. The average molecular weight is 445 g/mol. The molecule has 0 saturated carbocycles. The summed E-state index contributed by atoms with van der Waals surface area (Å²) in [6.45, 7) is 0. The second kappa shape index (κ2) is 4.68. The van der Waals surface area contributed by atoms with Crippen LogP contribution in [0.15, 0.2) is 62.0 Å². The summed E-state index contributed by atoms with van der Waals surface area (Å²) >= 11 is 0. The summed E-state index contributed by atoms with van der Waals surface area (Å²) in [4.78, 5) is 17.2. The van der Waals surface area contributed by atoms with Crippen LogP contribution in [0.1, 0.15) is 0 Å². The first-order chi connectivity index (χ1) is 17.4. The Morgan fingerprint density at radius 3 is 0.486 bits per heavy atom. The summed E-state index contributed by atoms with van der Waals surface area (Å²) in [7, 11) is 0. The maximum Gasteiger partial charge on any atom is 0.00911 e. The van der Waals surface area contributed by atoms with Gasteiger partial charge in [-0.1, -0.05) is 0 Å². The van der Waals surface area contributed by atoms with Gasteiger partial charge in [0.25, 0.3) is 0 Å². The van der Waals surface area contributed by atoms with E-state index < -0.39 is 0 Å². The summed E-state index contributed by atoms with van der Waals surface area (Å²) in [5.74, 6) is 0. The third-order valence-corrected chi connectivity index (χ3v) is 8.92. The number of benzene rings is 5. The monoisotopic (exact) mass is 445 g/mol. The lowest BCUT2D eigenvalue weighted by molar-refractivity contribution is 1.43. The molecule has 6 aromatic carbocycles. The van der Waals surface area contributed by atoms with Crippen LogP contribution in [0.25, 0.3) is 108 Å². The van der Waals surface area contributed by atoms with Crippen LogP contribution in [0, 0.1) is 0 Å². The molecule has 0 bridgehead atoms. The fraction of sp³-hybridized carbons (Fsp3) is 0. The van der Waals surface area contributed by atoms with Crippen molar-refractivity contribution in [1.29, 1.82) is 0 Å². The van der Waals surface area contributed by atoms with Crippen LogP contribution >= 0.6 is 0 Å². The van der Waals surface area contributed by atoms with Gasteiger partial charge >= 0.3 is 0 Å². The predicted molar refractivity (Wildman–Crippen MR) is 147 cm³/mol. The van der Waals surface area contributed by atoms with Crippen molar-refractivity contribution in [2.75, 3.05) is 0 Å².